The van der Waals surface area contributed by atoms with Crippen LogP contribution in [-0.2, 0) is 28.7 Å². The number of hydrogen-bond acceptors (Lipinski definition) is 8. The zero-order valence-electron chi connectivity index (χ0n) is 32.0. The smallest absolute Gasteiger partial charge is 0.306 e. The molecular formula is C43H66O8. The molecule has 2 N–H and O–H groups in total. The Hall–Kier alpha value is -2.58. The van der Waals surface area contributed by atoms with E-state index < -0.39 is 46.9 Å². The Balaban J connectivity index is 1.11. The summed E-state index contributed by atoms with van der Waals surface area (Å²) in [6.45, 7) is 7.86. The minimum Gasteiger partial charge on any atom is -0.466 e. The summed E-state index contributed by atoms with van der Waals surface area (Å²) in [5.41, 5.74) is -2.04. The van der Waals surface area contributed by atoms with Gasteiger partial charge in [-0.3, -0.25) is 19.2 Å². The van der Waals surface area contributed by atoms with Crippen molar-refractivity contribution < 1.29 is 38.9 Å². The summed E-state index contributed by atoms with van der Waals surface area (Å²) in [5, 5.41) is 23.7. The number of aliphatic hydroxyl groups is 2. The van der Waals surface area contributed by atoms with Gasteiger partial charge in [-0.1, -0.05) is 103 Å². The van der Waals surface area contributed by atoms with E-state index in [0.29, 0.717) is 13.0 Å². The molecule has 0 bridgehead atoms. The first-order valence-corrected chi connectivity index (χ1v) is 20.2. The Labute approximate surface area is 306 Å². The first-order chi connectivity index (χ1) is 24.4. The van der Waals surface area contributed by atoms with Crippen LogP contribution in [0.2, 0.25) is 0 Å². The number of allylic oxidation sites excluding steroid dienone is 6. The minimum absolute atomic E-state index is 0.00770. The lowest BCUT2D eigenvalue weighted by atomic mass is 9.46. The van der Waals surface area contributed by atoms with Gasteiger partial charge in [0.1, 0.15) is 5.60 Å². The number of carbonyl (C=O) groups is 4. The van der Waals surface area contributed by atoms with Crippen LogP contribution >= 0.6 is 0 Å². The number of ketones is 2. The molecule has 3 fully saturated rings. The number of aliphatic hydroxyl groups excluding tert-OH is 1. The van der Waals surface area contributed by atoms with Gasteiger partial charge < -0.3 is 19.7 Å². The van der Waals surface area contributed by atoms with Gasteiger partial charge in [0.15, 0.2) is 12.4 Å². The van der Waals surface area contributed by atoms with Crippen molar-refractivity contribution in [1.29, 1.82) is 0 Å². The predicted octanol–water partition coefficient (Wildman–Crippen LogP) is 8.33. The highest BCUT2D eigenvalue weighted by atomic mass is 16.5. The third-order valence-corrected chi connectivity index (χ3v) is 13.1. The van der Waals surface area contributed by atoms with E-state index in [4.69, 9.17) is 9.47 Å². The molecule has 4 rings (SSSR count). The van der Waals surface area contributed by atoms with E-state index in [2.05, 4.69) is 26.0 Å². The summed E-state index contributed by atoms with van der Waals surface area (Å²) >= 11 is 0. The molecule has 0 radical (unpaired) electrons. The molecule has 8 heteroatoms. The fraction of sp³-hybridized carbons (Fsp3) is 0.767. The maximum atomic E-state index is 13.7. The molecular weight excluding hydrogens is 644 g/mol. The summed E-state index contributed by atoms with van der Waals surface area (Å²) in [6, 6.07) is 0. The van der Waals surface area contributed by atoms with Crippen LogP contribution in [0.3, 0.4) is 0 Å². The molecule has 0 aromatic heterocycles. The van der Waals surface area contributed by atoms with Gasteiger partial charge in [0.25, 0.3) is 0 Å². The van der Waals surface area contributed by atoms with E-state index in [1.807, 2.05) is 19.9 Å². The summed E-state index contributed by atoms with van der Waals surface area (Å²) < 4.78 is 10.6. The van der Waals surface area contributed by atoms with Crippen LogP contribution in [0.4, 0.5) is 0 Å². The second-order valence-electron chi connectivity index (χ2n) is 16.5. The highest BCUT2D eigenvalue weighted by Gasteiger charge is 2.70. The van der Waals surface area contributed by atoms with Gasteiger partial charge in [-0.15, -0.1) is 0 Å². The van der Waals surface area contributed by atoms with E-state index in [0.717, 1.165) is 44.1 Å². The van der Waals surface area contributed by atoms with Crippen LogP contribution in [0.1, 0.15) is 150 Å². The molecule has 4 aliphatic carbocycles. The molecule has 3 saturated carbocycles. The molecule has 286 valence electrons. The van der Waals surface area contributed by atoms with Crippen molar-refractivity contribution in [3.63, 3.8) is 0 Å². The Kier molecular flexibility index (Phi) is 15.3. The monoisotopic (exact) mass is 710 g/mol. The molecule has 0 aromatic rings. The third-order valence-electron chi connectivity index (χ3n) is 13.1. The lowest BCUT2D eigenvalue weighted by molar-refractivity contribution is -0.186. The third kappa shape index (κ3) is 9.70. The molecule has 8 nitrogen and oxygen atoms in total. The van der Waals surface area contributed by atoms with E-state index in [1.165, 1.54) is 57.8 Å². The molecule has 0 unspecified atom stereocenters. The molecule has 0 aliphatic heterocycles. The van der Waals surface area contributed by atoms with Crippen molar-refractivity contribution in [2.75, 3.05) is 13.2 Å². The summed E-state index contributed by atoms with van der Waals surface area (Å²) in [5.74, 6) is -2.15. The molecule has 0 amide bonds. The molecule has 0 spiro atoms. The van der Waals surface area contributed by atoms with E-state index >= 15 is 0 Å². The maximum absolute atomic E-state index is 13.7. The van der Waals surface area contributed by atoms with Crippen LogP contribution in [0, 0.1) is 34.5 Å². The van der Waals surface area contributed by atoms with Crippen LogP contribution in [-0.4, -0.2) is 58.6 Å². The Bertz CT molecular complexity index is 1300. The fourth-order valence-electron chi connectivity index (χ4n) is 10.2. The van der Waals surface area contributed by atoms with Crippen LogP contribution < -0.4 is 0 Å². The number of hydrogen-bond donors (Lipinski definition) is 2. The quantitative estimate of drug-likeness (QED) is 0.0692. The lowest BCUT2D eigenvalue weighted by Crippen LogP contribution is -2.62. The normalized spacial score (nSPS) is 32.6. The van der Waals surface area contributed by atoms with Crippen molar-refractivity contribution in [2.45, 2.75) is 161 Å². The van der Waals surface area contributed by atoms with Crippen molar-refractivity contribution in [3.8, 4) is 0 Å². The second kappa shape index (κ2) is 19.0. The molecule has 0 aromatic carbocycles. The Morgan fingerprint density at radius 3 is 2.18 bits per heavy atom. The highest BCUT2D eigenvalue weighted by molar-refractivity contribution is 6.01. The first kappa shape index (κ1) is 41.2. The number of unbranched alkanes of at least 4 members (excludes halogenated alkanes) is 11. The average Bonchev–Trinajstić information content (AvgIpc) is 3.30. The standard InChI is InChI=1S/C43H66O8/c1-5-6-7-8-9-10-11-12-13-14-15-16-17-18-19-26-50-38(47)22-23-39(48)51-30-37(46)43(49)31(2)27-35-34-21-20-32-28-33(44)24-25-41(32,3)40(34)36(45)29-42(35,43)4/h11-12,24-25,28,31,34-36,40,45,49H,5-10,13-23,26-27,29-30H2,1-4H3/b12-11-/t31-,34+,35+,36+,40-,41+,42+,43+/m1/s1. The van der Waals surface area contributed by atoms with Gasteiger partial charge in [0.2, 0.25) is 5.78 Å². The van der Waals surface area contributed by atoms with Crippen LogP contribution in [0.25, 0.3) is 0 Å². The number of esters is 2. The largest absolute Gasteiger partial charge is 0.466 e. The van der Waals surface area contributed by atoms with Gasteiger partial charge in [-0.2, -0.15) is 0 Å². The van der Waals surface area contributed by atoms with Gasteiger partial charge in [0.05, 0.1) is 25.6 Å². The average molecular weight is 711 g/mol. The van der Waals surface area contributed by atoms with Crippen LogP contribution in [0.15, 0.2) is 36.0 Å². The zero-order valence-corrected chi connectivity index (χ0v) is 32.0. The predicted molar refractivity (Wildman–Crippen MR) is 198 cm³/mol. The first-order valence-electron chi connectivity index (χ1n) is 20.2. The van der Waals surface area contributed by atoms with Gasteiger partial charge in [-0.25, -0.2) is 0 Å². The number of rotatable bonds is 21. The van der Waals surface area contributed by atoms with Crippen molar-refractivity contribution in [2.24, 2.45) is 34.5 Å². The molecule has 4 aliphatic rings. The van der Waals surface area contributed by atoms with Gasteiger partial charge >= 0.3 is 11.9 Å². The number of Topliss-reactive ketones (excluding diaryl/α,β-unsaturated/α-hetero) is 1. The zero-order chi connectivity index (χ0) is 37.1. The topological polar surface area (TPSA) is 127 Å². The second-order valence-corrected chi connectivity index (χ2v) is 16.5. The highest BCUT2D eigenvalue weighted by Crippen LogP contribution is 2.68. The summed E-state index contributed by atoms with van der Waals surface area (Å²) in [4.78, 5) is 50.5. The maximum Gasteiger partial charge on any atom is 0.306 e. The minimum atomic E-state index is -1.76. The van der Waals surface area contributed by atoms with Crippen molar-refractivity contribution >= 4 is 23.5 Å². The fourth-order valence-corrected chi connectivity index (χ4v) is 10.2. The lowest BCUT2D eigenvalue weighted by Gasteiger charge is -2.59. The van der Waals surface area contributed by atoms with Crippen molar-refractivity contribution in [3.05, 3.63) is 36.0 Å². The summed E-state index contributed by atoms with van der Waals surface area (Å²) in [6.07, 6.45) is 26.7. The summed E-state index contributed by atoms with van der Waals surface area (Å²) in [7, 11) is 0. The number of fused-ring (bicyclic) bond motifs is 5. The van der Waals surface area contributed by atoms with E-state index in [1.54, 1.807) is 12.2 Å². The van der Waals surface area contributed by atoms with Gasteiger partial charge in [-0.05, 0) is 87.7 Å². The van der Waals surface area contributed by atoms with E-state index in [-0.39, 0.29) is 48.7 Å². The molecule has 8 atom stereocenters. The number of carbonyl (C=O) groups excluding carboxylic acids is 4. The van der Waals surface area contributed by atoms with Gasteiger partial charge in [0, 0.05) is 16.7 Å². The SMILES string of the molecule is CCCCCCC/C=C\CCCCCCCCOC(=O)CCC(=O)OCC(=O)[C@@]1(O)[C@H](C)C[C@H]2[C@@H]3CCC4=CC(=O)C=C[C@]4(C)[C@H]3[C@@H](O)C[C@@]21C. The Morgan fingerprint density at radius 1 is 0.902 bits per heavy atom. The van der Waals surface area contributed by atoms with Crippen molar-refractivity contribution in [1.82, 2.24) is 0 Å². The molecule has 0 saturated heterocycles. The van der Waals surface area contributed by atoms with E-state index in [9.17, 15) is 29.4 Å². The molecule has 51 heavy (non-hydrogen) atoms. The van der Waals surface area contributed by atoms with Crippen LogP contribution in [0.5, 0.6) is 0 Å². The Morgan fingerprint density at radius 2 is 1.51 bits per heavy atom. The molecule has 0 heterocycles. The number of ether oxygens (including phenoxy) is 2.